The summed E-state index contributed by atoms with van der Waals surface area (Å²) >= 11 is 0. The van der Waals surface area contributed by atoms with Crippen LogP contribution in [0.5, 0.6) is 0 Å². The van der Waals surface area contributed by atoms with E-state index in [0.29, 0.717) is 19.4 Å². The van der Waals surface area contributed by atoms with Gasteiger partial charge in [-0.3, -0.25) is 15.0 Å². The van der Waals surface area contributed by atoms with Gasteiger partial charge in [0.2, 0.25) is 6.04 Å². The molecule has 2 atom stereocenters. The lowest BCUT2D eigenvalue weighted by atomic mass is 9.99. The molecule has 0 radical (unpaired) electrons. The summed E-state index contributed by atoms with van der Waals surface area (Å²) in [6, 6.07) is -1.09. The van der Waals surface area contributed by atoms with Crippen molar-refractivity contribution in [3.8, 4) is 0 Å². The van der Waals surface area contributed by atoms with E-state index in [1.807, 2.05) is 0 Å². The minimum atomic E-state index is -0.684. The topological polar surface area (TPSA) is 72.7 Å². The van der Waals surface area contributed by atoms with Crippen LogP contribution < -0.4 is 0 Å². The molecule has 1 aliphatic heterocycles. The lowest BCUT2D eigenvalue weighted by Crippen LogP contribution is -2.53. The Hall–Kier alpha value is -1.33. The molecule has 1 heterocycles. The maximum atomic E-state index is 11.9. The van der Waals surface area contributed by atoms with Crippen molar-refractivity contribution in [2.75, 3.05) is 6.54 Å². The Labute approximate surface area is 101 Å². The smallest absolute Gasteiger partial charge is 0.410 e. The summed E-state index contributed by atoms with van der Waals surface area (Å²) in [4.78, 5) is 23.9. The predicted molar refractivity (Wildman–Crippen MR) is 62.4 cm³/mol. The van der Waals surface area contributed by atoms with Gasteiger partial charge in [-0.2, -0.15) is 0 Å². The second-order valence-corrected chi connectivity index (χ2v) is 5.41. The second-order valence-electron chi connectivity index (χ2n) is 5.41. The first-order valence-corrected chi connectivity index (χ1v) is 5.85. The van der Waals surface area contributed by atoms with Crippen LogP contribution in [0.4, 0.5) is 4.79 Å². The van der Waals surface area contributed by atoms with Gasteiger partial charge < -0.3 is 4.74 Å². The number of rotatable bonds is 1. The first kappa shape index (κ1) is 13.7. The molecule has 0 bridgehead atoms. The number of hydrogen-bond donors (Lipinski definition) is 0. The number of amides is 1. The fourth-order valence-corrected chi connectivity index (χ4v) is 1.98. The van der Waals surface area contributed by atoms with Crippen molar-refractivity contribution in [1.29, 1.82) is 0 Å². The summed E-state index contributed by atoms with van der Waals surface area (Å²) in [5, 5.41) is 10.8. The van der Waals surface area contributed by atoms with Crippen LogP contribution >= 0.6 is 0 Å². The molecule has 98 valence electrons. The zero-order valence-corrected chi connectivity index (χ0v) is 10.8. The predicted octanol–water partition coefficient (Wildman–Crippen LogP) is 2.05. The number of likely N-dealkylation sites (tertiary alicyclic amines) is 1. The summed E-state index contributed by atoms with van der Waals surface area (Å²) in [6.07, 6.45) is 0.708. The Balaban J connectivity index is 2.70. The van der Waals surface area contributed by atoms with Crippen LogP contribution in [0, 0.1) is 10.1 Å². The second kappa shape index (κ2) is 4.89. The van der Waals surface area contributed by atoms with E-state index in [1.54, 1.807) is 27.7 Å². The first-order chi connectivity index (χ1) is 7.72. The summed E-state index contributed by atoms with van der Waals surface area (Å²) in [5.74, 6) is 0. The van der Waals surface area contributed by atoms with E-state index in [1.165, 1.54) is 4.90 Å². The summed E-state index contributed by atoms with van der Waals surface area (Å²) in [5.41, 5.74) is -0.571. The molecule has 0 aromatic heterocycles. The van der Waals surface area contributed by atoms with Gasteiger partial charge in [-0.1, -0.05) is 0 Å². The molecule has 0 aromatic rings. The molecule has 0 aliphatic carbocycles. The number of piperidine rings is 1. The minimum absolute atomic E-state index is 0.304. The number of ether oxygens (including phenoxy) is 1. The van der Waals surface area contributed by atoms with Gasteiger partial charge in [0, 0.05) is 17.9 Å². The van der Waals surface area contributed by atoms with Crippen LogP contribution in [0.1, 0.15) is 40.5 Å². The normalized spacial score (nSPS) is 25.5. The highest BCUT2D eigenvalue weighted by Gasteiger charge is 2.39. The molecule has 1 rings (SSSR count). The van der Waals surface area contributed by atoms with Crippen molar-refractivity contribution < 1.29 is 14.5 Å². The van der Waals surface area contributed by atoms with Crippen molar-refractivity contribution in [3.05, 3.63) is 10.1 Å². The molecular formula is C11H20N2O4. The molecule has 6 nitrogen and oxygen atoms in total. The maximum absolute atomic E-state index is 11.9. The van der Waals surface area contributed by atoms with E-state index < -0.39 is 23.8 Å². The average molecular weight is 244 g/mol. The van der Waals surface area contributed by atoms with Gasteiger partial charge in [0.25, 0.3) is 0 Å². The van der Waals surface area contributed by atoms with Gasteiger partial charge in [0.1, 0.15) is 5.60 Å². The Kier molecular flexibility index (Phi) is 3.95. The van der Waals surface area contributed by atoms with E-state index in [4.69, 9.17) is 4.74 Å². The standard InChI is InChI=1S/C11H20N2O4/c1-8-9(13(15)16)6-5-7-12(8)10(14)17-11(2,3)4/h8-9H,5-7H2,1-4H3/t8-,9+/m1/s1. The van der Waals surface area contributed by atoms with E-state index >= 15 is 0 Å². The van der Waals surface area contributed by atoms with Crippen molar-refractivity contribution in [2.24, 2.45) is 0 Å². The van der Waals surface area contributed by atoms with Crippen molar-refractivity contribution in [2.45, 2.75) is 58.2 Å². The van der Waals surface area contributed by atoms with Gasteiger partial charge in [-0.25, -0.2) is 4.79 Å². The largest absolute Gasteiger partial charge is 0.444 e. The highest BCUT2D eigenvalue weighted by molar-refractivity contribution is 5.68. The molecule has 0 spiro atoms. The fraction of sp³-hybridized carbons (Fsp3) is 0.909. The quantitative estimate of drug-likeness (QED) is 0.522. The van der Waals surface area contributed by atoms with Gasteiger partial charge >= 0.3 is 6.09 Å². The summed E-state index contributed by atoms with van der Waals surface area (Å²) in [6.45, 7) is 7.58. The molecule has 1 aliphatic rings. The molecule has 0 saturated carbocycles. The molecule has 0 N–H and O–H groups in total. The third kappa shape index (κ3) is 3.57. The molecule has 1 amide bonds. The Morgan fingerprint density at radius 1 is 1.47 bits per heavy atom. The highest BCUT2D eigenvalue weighted by atomic mass is 16.6. The van der Waals surface area contributed by atoms with E-state index in [0.717, 1.165) is 0 Å². The third-order valence-electron chi connectivity index (χ3n) is 2.85. The fourth-order valence-electron chi connectivity index (χ4n) is 1.98. The maximum Gasteiger partial charge on any atom is 0.410 e. The zero-order valence-electron chi connectivity index (χ0n) is 10.8. The van der Waals surface area contributed by atoms with E-state index in [9.17, 15) is 14.9 Å². The van der Waals surface area contributed by atoms with Crippen molar-refractivity contribution in [1.82, 2.24) is 4.90 Å². The number of carbonyl (C=O) groups excluding carboxylic acids is 1. The Morgan fingerprint density at radius 3 is 2.53 bits per heavy atom. The first-order valence-electron chi connectivity index (χ1n) is 5.85. The summed E-state index contributed by atoms with van der Waals surface area (Å²) < 4.78 is 5.24. The van der Waals surface area contributed by atoms with Crippen molar-refractivity contribution in [3.63, 3.8) is 0 Å². The lowest BCUT2D eigenvalue weighted by Gasteiger charge is -2.35. The molecule has 0 unspecified atom stereocenters. The molecule has 0 aromatic carbocycles. The van der Waals surface area contributed by atoms with Gasteiger partial charge in [0.05, 0.1) is 6.04 Å². The molecule has 1 fully saturated rings. The van der Waals surface area contributed by atoms with Crippen LogP contribution in [-0.2, 0) is 4.74 Å². The number of nitro groups is 1. The van der Waals surface area contributed by atoms with Crippen LogP contribution in [-0.4, -0.2) is 40.1 Å². The lowest BCUT2D eigenvalue weighted by molar-refractivity contribution is -0.532. The van der Waals surface area contributed by atoms with Gasteiger partial charge in [0.15, 0.2) is 0 Å². The molecule has 17 heavy (non-hydrogen) atoms. The molecular weight excluding hydrogens is 224 g/mol. The van der Waals surface area contributed by atoms with E-state index in [2.05, 4.69) is 0 Å². The average Bonchev–Trinajstić information content (AvgIpc) is 2.14. The third-order valence-corrected chi connectivity index (χ3v) is 2.85. The van der Waals surface area contributed by atoms with Gasteiger partial charge in [-0.05, 0) is 34.1 Å². The molecule has 1 saturated heterocycles. The molecule has 6 heteroatoms. The van der Waals surface area contributed by atoms with Gasteiger partial charge in [-0.15, -0.1) is 0 Å². The number of nitrogens with zero attached hydrogens (tertiary/aromatic N) is 2. The van der Waals surface area contributed by atoms with Crippen molar-refractivity contribution >= 4 is 6.09 Å². The van der Waals surface area contributed by atoms with Crippen LogP contribution in [0.3, 0.4) is 0 Å². The number of hydrogen-bond acceptors (Lipinski definition) is 4. The Morgan fingerprint density at radius 2 is 2.06 bits per heavy atom. The highest BCUT2D eigenvalue weighted by Crippen LogP contribution is 2.22. The van der Waals surface area contributed by atoms with Crippen LogP contribution in [0.25, 0.3) is 0 Å². The van der Waals surface area contributed by atoms with Crippen LogP contribution in [0.15, 0.2) is 0 Å². The zero-order chi connectivity index (χ0) is 13.2. The van der Waals surface area contributed by atoms with E-state index in [-0.39, 0.29) is 4.92 Å². The monoisotopic (exact) mass is 244 g/mol. The summed E-state index contributed by atoms with van der Waals surface area (Å²) in [7, 11) is 0. The SMILES string of the molecule is C[C@@H]1[C@@H]([N+](=O)[O-])CCCN1C(=O)OC(C)(C)C. The Bertz CT molecular complexity index is 311. The number of carbonyl (C=O) groups is 1. The minimum Gasteiger partial charge on any atom is -0.444 e. The van der Waals surface area contributed by atoms with Crippen LogP contribution in [0.2, 0.25) is 0 Å².